The summed E-state index contributed by atoms with van der Waals surface area (Å²) in [5, 5.41) is 0. The second-order valence-corrected chi connectivity index (χ2v) is 9.69. The van der Waals surface area contributed by atoms with Gasteiger partial charge < -0.3 is 0 Å². The van der Waals surface area contributed by atoms with Crippen molar-refractivity contribution >= 4 is 10.0 Å². The van der Waals surface area contributed by atoms with E-state index in [-0.39, 0.29) is 0 Å². The first-order chi connectivity index (χ1) is 11.9. The zero-order valence-corrected chi connectivity index (χ0v) is 16.7. The average Bonchev–Trinajstić information content (AvgIpc) is 2.83. The number of rotatable bonds is 3. The van der Waals surface area contributed by atoms with Crippen molar-refractivity contribution in [3.63, 3.8) is 0 Å². The molecule has 3 rings (SSSR count). The van der Waals surface area contributed by atoms with E-state index in [2.05, 4.69) is 4.90 Å². The molecule has 1 aromatic rings. The Balaban J connectivity index is 1.71. The van der Waals surface area contributed by atoms with Gasteiger partial charge in [-0.3, -0.25) is 4.90 Å². The highest BCUT2D eigenvalue weighted by atomic mass is 32.2. The van der Waals surface area contributed by atoms with Crippen molar-refractivity contribution in [2.75, 3.05) is 26.2 Å². The van der Waals surface area contributed by atoms with Crippen molar-refractivity contribution in [1.29, 1.82) is 0 Å². The minimum atomic E-state index is -3.39. The molecular weight excluding hydrogens is 332 g/mol. The molecule has 0 N–H and O–H groups in total. The molecular formula is C20H32N2O2S. The maximum atomic E-state index is 13.2. The summed E-state index contributed by atoms with van der Waals surface area (Å²) in [6.45, 7) is 8.81. The van der Waals surface area contributed by atoms with Crippen LogP contribution in [0.2, 0.25) is 0 Å². The minimum Gasteiger partial charge on any atom is -0.298 e. The van der Waals surface area contributed by atoms with Gasteiger partial charge in [0.25, 0.3) is 0 Å². The van der Waals surface area contributed by atoms with Crippen LogP contribution in [0.3, 0.4) is 0 Å². The number of hydrogen-bond donors (Lipinski definition) is 0. The van der Waals surface area contributed by atoms with Crippen molar-refractivity contribution in [3.8, 4) is 0 Å². The van der Waals surface area contributed by atoms with Gasteiger partial charge in [-0.25, -0.2) is 8.42 Å². The second kappa shape index (κ2) is 7.77. The number of sulfonamides is 1. The van der Waals surface area contributed by atoms with E-state index in [9.17, 15) is 8.42 Å². The van der Waals surface area contributed by atoms with Crippen LogP contribution < -0.4 is 0 Å². The Morgan fingerprint density at radius 3 is 1.88 bits per heavy atom. The molecule has 1 aliphatic heterocycles. The SMILES string of the molecule is Cc1cc(C)c(S(=O)(=O)N2CCN(C3CCCCCC3)CC2)c(C)c1. The van der Waals surface area contributed by atoms with Gasteiger partial charge in [-0.05, 0) is 44.7 Å². The van der Waals surface area contributed by atoms with Crippen LogP contribution in [0.4, 0.5) is 0 Å². The molecule has 2 fully saturated rings. The summed E-state index contributed by atoms with van der Waals surface area (Å²) in [6.07, 6.45) is 7.93. The van der Waals surface area contributed by atoms with Gasteiger partial charge in [-0.1, -0.05) is 43.4 Å². The van der Waals surface area contributed by atoms with Gasteiger partial charge in [0, 0.05) is 32.2 Å². The van der Waals surface area contributed by atoms with Gasteiger partial charge in [0.05, 0.1) is 4.90 Å². The van der Waals surface area contributed by atoms with Crippen LogP contribution in [-0.4, -0.2) is 49.8 Å². The quantitative estimate of drug-likeness (QED) is 0.769. The molecule has 0 spiro atoms. The van der Waals surface area contributed by atoms with Crippen LogP contribution in [-0.2, 0) is 10.0 Å². The smallest absolute Gasteiger partial charge is 0.243 e. The number of benzene rings is 1. The number of hydrogen-bond acceptors (Lipinski definition) is 3. The van der Waals surface area contributed by atoms with Crippen molar-refractivity contribution in [1.82, 2.24) is 9.21 Å². The van der Waals surface area contributed by atoms with E-state index in [1.165, 1.54) is 38.5 Å². The number of nitrogens with zero attached hydrogens (tertiary/aromatic N) is 2. The third-order valence-corrected chi connectivity index (χ3v) is 8.02. The van der Waals surface area contributed by atoms with Crippen LogP contribution >= 0.6 is 0 Å². The summed E-state index contributed by atoms with van der Waals surface area (Å²) in [7, 11) is -3.39. The van der Waals surface area contributed by atoms with Gasteiger partial charge >= 0.3 is 0 Å². The van der Waals surface area contributed by atoms with Crippen molar-refractivity contribution in [2.24, 2.45) is 0 Å². The largest absolute Gasteiger partial charge is 0.298 e. The van der Waals surface area contributed by atoms with Crippen LogP contribution in [0.5, 0.6) is 0 Å². The first kappa shape index (κ1) is 18.9. The standard InChI is InChI=1S/C20H32N2O2S/c1-16-14-17(2)20(18(3)15-16)25(23,24)22-12-10-21(11-13-22)19-8-6-4-5-7-9-19/h14-15,19H,4-13H2,1-3H3. The van der Waals surface area contributed by atoms with Gasteiger partial charge in [0.2, 0.25) is 10.0 Å². The van der Waals surface area contributed by atoms with E-state index < -0.39 is 10.0 Å². The highest BCUT2D eigenvalue weighted by Crippen LogP contribution is 2.28. The molecule has 0 aromatic heterocycles. The van der Waals surface area contributed by atoms with Crippen LogP contribution in [0, 0.1) is 20.8 Å². The van der Waals surface area contributed by atoms with E-state index >= 15 is 0 Å². The van der Waals surface area contributed by atoms with Crippen LogP contribution in [0.15, 0.2) is 17.0 Å². The first-order valence-electron chi connectivity index (χ1n) is 9.71. The molecule has 0 unspecified atom stereocenters. The molecule has 0 amide bonds. The van der Waals surface area contributed by atoms with Crippen molar-refractivity contribution in [3.05, 3.63) is 28.8 Å². The summed E-state index contributed by atoms with van der Waals surface area (Å²) in [6, 6.07) is 4.61. The van der Waals surface area contributed by atoms with E-state index in [1.807, 2.05) is 32.9 Å². The predicted molar refractivity (Wildman–Crippen MR) is 102 cm³/mol. The van der Waals surface area contributed by atoms with E-state index in [0.29, 0.717) is 24.0 Å². The molecule has 1 aliphatic carbocycles. The van der Waals surface area contributed by atoms with Gasteiger partial charge in [0.1, 0.15) is 0 Å². The number of piperazine rings is 1. The Kier molecular flexibility index (Phi) is 5.86. The molecule has 0 bridgehead atoms. The lowest BCUT2D eigenvalue weighted by Crippen LogP contribution is -2.51. The van der Waals surface area contributed by atoms with E-state index in [0.717, 1.165) is 29.8 Å². The minimum absolute atomic E-state index is 0.515. The predicted octanol–water partition coefficient (Wildman–Crippen LogP) is 3.64. The lowest BCUT2D eigenvalue weighted by atomic mass is 10.1. The summed E-state index contributed by atoms with van der Waals surface area (Å²) in [4.78, 5) is 3.05. The first-order valence-corrected chi connectivity index (χ1v) is 11.2. The Hall–Kier alpha value is -0.910. The normalized spacial score (nSPS) is 22.0. The molecule has 0 atom stereocenters. The molecule has 1 aromatic carbocycles. The molecule has 1 heterocycles. The third kappa shape index (κ3) is 4.09. The van der Waals surface area contributed by atoms with Crippen molar-refractivity contribution < 1.29 is 8.42 Å². The molecule has 1 saturated heterocycles. The van der Waals surface area contributed by atoms with Gasteiger partial charge in [-0.2, -0.15) is 4.31 Å². The van der Waals surface area contributed by atoms with Crippen LogP contribution in [0.1, 0.15) is 55.2 Å². The molecule has 25 heavy (non-hydrogen) atoms. The Morgan fingerprint density at radius 2 is 1.36 bits per heavy atom. The van der Waals surface area contributed by atoms with Crippen LogP contribution in [0.25, 0.3) is 0 Å². The van der Waals surface area contributed by atoms with E-state index in [1.54, 1.807) is 4.31 Å². The molecule has 5 heteroatoms. The summed E-state index contributed by atoms with van der Waals surface area (Å²) >= 11 is 0. The summed E-state index contributed by atoms with van der Waals surface area (Å²) < 4.78 is 28.1. The lowest BCUT2D eigenvalue weighted by molar-refractivity contribution is 0.126. The molecule has 4 nitrogen and oxygen atoms in total. The highest BCUT2D eigenvalue weighted by molar-refractivity contribution is 7.89. The Bertz CT molecular complexity index is 675. The van der Waals surface area contributed by atoms with E-state index in [4.69, 9.17) is 0 Å². The lowest BCUT2D eigenvalue weighted by Gasteiger charge is -2.38. The molecule has 1 saturated carbocycles. The fourth-order valence-electron chi connectivity index (χ4n) is 4.63. The summed E-state index contributed by atoms with van der Waals surface area (Å²) in [5.41, 5.74) is 2.85. The monoisotopic (exact) mass is 364 g/mol. The highest BCUT2D eigenvalue weighted by Gasteiger charge is 2.32. The zero-order chi connectivity index (χ0) is 18.0. The maximum absolute atomic E-state index is 13.2. The Labute approximate surface area is 153 Å². The zero-order valence-electron chi connectivity index (χ0n) is 15.9. The average molecular weight is 365 g/mol. The molecule has 2 aliphatic rings. The molecule has 140 valence electrons. The molecule has 0 radical (unpaired) electrons. The summed E-state index contributed by atoms with van der Waals surface area (Å²) in [5.74, 6) is 0. The fourth-order valence-corrected chi connectivity index (χ4v) is 6.47. The van der Waals surface area contributed by atoms with Gasteiger partial charge in [0.15, 0.2) is 0 Å². The van der Waals surface area contributed by atoms with Gasteiger partial charge in [-0.15, -0.1) is 0 Å². The maximum Gasteiger partial charge on any atom is 0.243 e. The number of aryl methyl sites for hydroxylation is 3. The fraction of sp³-hybridized carbons (Fsp3) is 0.700. The third-order valence-electron chi connectivity index (χ3n) is 5.82. The Morgan fingerprint density at radius 1 is 0.840 bits per heavy atom. The van der Waals surface area contributed by atoms with Crippen molar-refractivity contribution in [2.45, 2.75) is 70.2 Å². The topological polar surface area (TPSA) is 40.6 Å². The second-order valence-electron chi connectivity index (χ2n) is 7.81.